The molecule has 0 unspecified atom stereocenters. The van der Waals surface area contributed by atoms with Gasteiger partial charge in [0.2, 0.25) is 0 Å². The maximum absolute atomic E-state index is 12.2. The average Bonchev–Trinajstić information content (AvgIpc) is 2.66. The summed E-state index contributed by atoms with van der Waals surface area (Å²) >= 11 is 0. The lowest BCUT2D eigenvalue weighted by Gasteiger charge is -2.28. The second kappa shape index (κ2) is 9.63. The highest BCUT2D eigenvalue weighted by atomic mass is 16.6. The molecule has 2 rings (SSSR count). The number of allylic oxidation sites excluding steroid dienone is 1. The molecule has 1 aromatic carbocycles. The number of nitrogens with one attached hydrogen (secondary N) is 2. The number of rotatable bonds is 8. The van der Waals surface area contributed by atoms with Crippen LogP contribution in [0, 0.1) is 0 Å². The summed E-state index contributed by atoms with van der Waals surface area (Å²) in [5, 5.41) is 5.27. The molecule has 152 valence electrons. The van der Waals surface area contributed by atoms with Crippen LogP contribution in [0.25, 0.3) is 0 Å². The van der Waals surface area contributed by atoms with Gasteiger partial charge in [0.05, 0.1) is 31.9 Å². The monoisotopic (exact) mass is 392 g/mol. The quantitative estimate of drug-likeness (QED) is 0.649. The van der Waals surface area contributed by atoms with E-state index in [0.717, 1.165) is 0 Å². The van der Waals surface area contributed by atoms with E-state index >= 15 is 0 Å². The molecule has 1 heterocycles. The molecule has 1 aromatic rings. The van der Waals surface area contributed by atoms with Crippen molar-refractivity contribution in [1.29, 1.82) is 0 Å². The molecule has 0 bridgehead atoms. The highest BCUT2D eigenvalue weighted by molar-refractivity contribution is 5.95. The molecule has 0 aliphatic carbocycles. The molecule has 28 heavy (non-hydrogen) atoms. The van der Waals surface area contributed by atoms with E-state index in [1.807, 2.05) is 0 Å². The lowest BCUT2D eigenvalue weighted by atomic mass is 9.95. The standard InChI is InChI=1S/C19H24N2O7/c1-5-26-14-9-12(7-8-13(14)28-10-15(22)27-6-2)17-16(18(23)25-4)11(3)20-19(24)21-17/h7-9,17H,5-6,10H2,1-4H3,(H2,20,21,24)/t17-/m0/s1. The zero-order chi connectivity index (χ0) is 20.7. The van der Waals surface area contributed by atoms with Crippen LogP contribution in [-0.4, -0.2) is 44.9 Å². The fourth-order valence-corrected chi connectivity index (χ4v) is 2.76. The minimum Gasteiger partial charge on any atom is -0.490 e. The highest BCUT2D eigenvalue weighted by Gasteiger charge is 2.32. The molecule has 1 atom stereocenters. The molecule has 0 spiro atoms. The van der Waals surface area contributed by atoms with E-state index in [2.05, 4.69) is 10.6 Å². The van der Waals surface area contributed by atoms with Gasteiger partial charge in [-0.25, -0.2) is 14.4 Å². The maximum Gasteiger partial charge on any atom is 0.344 e. The Hall–Kier alpha value is -3.23. The van der Waals surface area contributed by atoms with Gasteiger partial charge in [0.1, 0.15) is 0 Å². The van der Waals surface area contributed by atoms with Gasteiger partial charge >= 0.3 is 18.0 Å². The molecule has 1 aliphatic heterocycles. The summed E-state index contributed by atoms with van der Waals surface area (Å²) in [6.07, 6.45) is 0. The van der Waals surface area contributed by atoms with Gasteiger partial charge < -0.3 is 29.6 Å². The molecular formula is C19H24N2O7. The van der Waals surface area contributed by atoms with Crippen molar-refractivity contribution < 1.29 is 33.3 Å². The number of benzene rings is 1. The van der Waals surface area contributed by atoms with E-state index in [4.69, 9.17) is 18.9 Å². The lowest BCUT2D eigenvalue weighted by molar-refractivity contribution is -0.145. The Morgan fingerprint density at radius 2 is 1.86 bits per heavy atom. The van der Waals surface area contributed by atoms with Crippen molar-refractivity contribution in [3.05, 3.63) is 35.0 Å². The van der Waals surface area contributed by atoms with Gasteiger partial charge in [-0.05, 0) is 38.5 Å². The average molecular weight is 392 g/mol. The minimum atomic E-state index is -0.723. The van der Waals surface area contributed by atoms with Crippen LogP contribution in [0.2, 0.25) is 0 Å². The fraction of sp³-hybridized carbons (Fsp3) is 0.421. The first-order valence-corrected chi connectivity index (χ1v) is 8.82. The molecule has 0 fully saturated rings. The van der Waals surface area contributed by atoms with Crippen LogP contribution in [0.1, 0.15) is 32.4 Å². The lowest BCUT2D eigenvalue weighted by Crippen LogP contribution is -2.45. The van der Waals surface area contributed by atoms with Crippen molar-refractivity contribution in [3.8, 4) is 11.5 Å². The molecule has 1 aliphatic rings. The first-order valence-electron chi connectivity index (χ1n) is 8.82. The predicted molar refractivity (Wildman–Crippen MR) is 98.9 cm³/mol. The van der Waals surface area contributed by atoms with Gasteiger partial charge in [-0.3, -0.25) is 0 Å². The third-order valence-corrected chi connectivity index (χ3v) is 3.93. The normalized spacial score (nSPS) is 16.0. The van der Waals surface area contributed by atoms with E-state index < -0.39 is 24.0 Å². The van der Waals surface area contributed by atoms with Crippen molar-refractivity contribution >= 4 is 18.0 Å². The van der Waals surface area contributed by atoms with Crippen molar-refractivity contribution in [2.24, 2.45) is 0 Å². The fourth-order valence-electron chi connectivity index (χ4n) is 2.76. The number of carbonyl (C=O) groups is 3. The number of urea groups is 1. The highest BCUT2D eigenvalue weighted by Crippen LogP contribution is 2.34. The SMILES string of the molecule is CCOC(=O)COc1ccc([C@@H]2NC(=O)NC(C)=C2C(=O)OC)cc1OCC. The van der Waals surface area contributed by atoms with Crippen LogP contribution in [0.15, 0.2) is 29.5 Å². The van der Waals surface area contributed by atoms with Crippen LogP contribution < -0.4 is 20.1 Å². The molecule has 2 amide bonds. The summed E-state index contributed by atoms with van der Waals surface area (Å²) in [4.78, 5) is 35.6. The second-order valence-corrected chi connectivity index (χ2v) is 5.79. The molecule has 0 radical (unpaired) electrons. The Morgan fingerprint density at radius 3 is 2.50 bits per heavy atom. The number of hydrogen-bond donors (Lipinski definition) is 2. The van der Waals surface area contributed by atoms with Crippen LogP contribution in [0.3, 0.4) is 0 Å². The zero-order valence-corrected chi connectivity index (χ0v) is 16.3. The third kappa shape index (κ3) is 4.93. The van der Waals surface area contributed by atoms with Gasteiger partial charge in [-0.1, -0.05) is 6.07 Å². The summed E-state index contributed by atoms with van der Waals surface area (Å²) in [5.41, 5.74) is 1.28. The molecule has 9 heteroatoms. The number of ether oxygens (including phenoxy) is 4. The largest absolute Gasteiger partial charge is 0.490 e. The van der Waals surface area contributed by atoms with E-state index in [0.29, 0.717) is 29.4 Å². The summed E-state index contributed by atoms with van der Waals surface area (Å²) < 4.78 is 20.8. The van der Waals surface area contributed by atoms with Crippen molar-refractivity contribution in [3.63, 3.8) is 0 Å². The third-order valence-electron chi connectivity index (χ3n) is 3.93. The Morgan fingerprint density at radius 1 is 1.11 bits per heavy atom. The van der Waals surface area contributed by atoms with Gasteiger partial charge in [-0.2, -0.15) is 0 Å². The van der Waals surface area contributed by atoms with Gasteiger partial charge in [0.15, 0.2) is 18.1 Å². The Bertz CT molecular complexity index is 788. The molecule has 2 N–H and O–H groups in total. The van der Waals surface area contributed by atoms with E-state index in [-0.39, 0.29) is 18.8 Å². The molecule has 9 nitrogen and oxygen atoms in total. The number of esters is 2. The van der Waals surface area contributed by atoms with Crippen LogP contribution in [-0.2, 0) is 19.1 Å². The number of carbonyl (C=O) groups excluding carboxylic acids is 3. The van der Waals surface area contributed by atoms with Crippen molar-refractivity contribution in [1.82, 2.24) is 10.6 Å². The molecule has 0 aromatic heterocycles. The first-order chi connectivity index (χ1) is 13.4. The van der Waals surface area contributed by atoms with Crippen LogP contribution in [0.5, 0.6) is 11.5 Å². The number of amides is 2. The minimum absolute atomic E-state index is 0.260. The van der Waals surface area contributed by atoms with E-state index in [1.165, 1.54) is 7.11 Å². The predicted octanol–water partition coefficient (Wildman–Crippen LogP) is 1.83. The van der Waals surface area contributed by atoms with Crippen LogP contribution >= 0.6 is 0 Å². The Kier molecular flexibility index (Phi) is 7.25. The zero-order valence-electron chi connectivity index (χ0n) is 16.3. The smallest absolute Gasteiger partial charge is 0.344 e. The Labute approximate surface area is 163 Å². The number of methoxy groups -OCH3 is 1. The first kappa shape index (κ1) is 21.1. The summed E-state index contributed by atoms with van der Waals surface area (Å²) in [6, 6.07) is 3.78. The van der Waals surface area contributed by atoms with E-state index in [9.17, 15) is 14.4 Å². The topological polar surface area (TPSA) is 112 Å². The van der Waals surface area contributed by atoms with Gasteiger partial charge in [0, 0.05) is 5.70 Å². The Balaban J connectivity index is 2.35. The van der Waals surface area contributed by atoms with Crippen molar-refractivity contribution in [2.75, 3.05) is 26.9 Å². The van der Waals surface area contributed by atoms with E-state index in [1.54, 1.807) is 39.0 Å². The van der Waals surface area contributed by atoms with Gasteiger partial charge in [-0.15, -0.1) is 0 Å². The molecular weight excluding hydrogens is 368 g/mol. The summed E-state index contributed by atoms with van der Waals surface area (Å²) in [7, 11) is 1.27. The molecule has 0 saturated heterocycles. The summed E-state index contributed by atoms with van der Waals surface area (Å²) in [5.74, 6) is -0.333. The summed E-state index contributed by atoms with van der Waals surface area (Å²) in [6.45, 7) is 5.49. The second-order valence-electron chi connectivity index (χ2n) is 5.79. The van der Waals surface area contributed by atoms with Crippen molar-refractivity contribution in [2.45, 2.75) is 26.8 Å². The maximum atomic E-state index is 12.2. The number of hydrogen-bond acceptors (Lipinski definition) is 7. The van der Waals surface area contributed by atoms with Crippen LogP contribution in [0.4, 0.5) is 4.79 Å². The molecule has 0 saturated carbocycles. The van der Waals surface area contributed by atoms with Gasteiger partial charge in [0.25, 0.3) is 0 Å².